The van der Waals surface area contributed by atoms with Crippen LogP contribution in [0.5, 0.6) is 0 Å². The molecule has 2 heterocycles. The number of hydrogen-bond donors (Lipinski definition) is 1. The molecule has 1 aromatic rings. The van der Waals surface area contributed by atoms with Crippen LogP contribution in [0.3, 0.4) is 0 Å². The van der Waals surface area contributed by atoms with E-state index in [0.29, 0.717) is 37.8 Å². The van der Waals surface area contributed by atoms with Gasteiger partial charge in [-0.1, -0.05) is 0 Å². The fourth-order valence-corrected chi connectivity index (χ4v) is 6.51. The second-order valence-corrected chi connectivity index (χ2v) is 9.22. The van der Waals surface area contributed by atoms with Crippen LogP contribution in [0.2, 0.25) is 0 Å². The van der Waals surface area contributed by atoms with E-state index in [1.807, 2.05) is 16.7 Å². The second-order valence-electron chi connectivity index (χ2n) is 9.22. The number of piperazine rings is 1. The van der Waals surface area contributed by atoms with Crippen molar-refractivity contribution in [2.75, 3.05) is 26.2 Å². The Morgan fingerprint density at radius 3 is 2.04 bits per heavy atom. The van der Waals surface area contributed by atoms with Crippen LogP contribution in [0.25, 0.3) is 0 Å². The summed E-state index contributed by atoms with van der Waals surface area (Å²) in [4.78, 5) is 29.8. The molecule has 1 saturated heterocycles. The van der Waals surface area contributed by atoms with Crippen LogP contribution in [0, 0.1) is 30.1 Å². The van der Waals surface area contributed by atoms with Crippen LogP contribution < -0.4 is 0 Å². The molecule has 0 atom stereocenters. The minimum atomic E-state index is -0.0692. The van der Waals surface area contributed by atoms with Crippen molar-refractivity contribution in [3.05, 3.63) is 17.5 Å². The summed E-state index contributed by atoms with van der Waals surface area (Å²) in [6, 6.07) is 1.79. The number of aromatic amines is 1. The molecule has 6 heteroatoms. The summed E-state index contributed by atoms with van der Waals surface area (Å²) in [5.41, 5.74) is 1.30. The van der Waals surface area contributed by atoms with Crippen molar-refractivity contribution in [3.8, 4) is 0 Å². The SMILES string of the molecule is Cc1cc(C(=O)N2CCN(C(=O)C34CC5CC(CC(C5)C3)C4)CC2)n[nH]1. The maximum Gasteiger partial charge on any atom is 0.274 e. The molecule has 1 aliphatic heterocycles. The monoisotopic (exact) mass is 356 g/mol. The van der Waals surface area contributed by atoms with E-state index in [4.69, 9.17) is 0 Å². The van der Waals surface area contributed by atoms with Crippen molar-refractivity contribution in [2.45, 2.75) is 45.4 Å². The van der Waals surface area contributed by atoms with E-state index in [1.165, 1.54) is 19.3 Å². The number of nitrogens with zero attached hydrogens (tertiary/aromatic N) is 3. The minimum Gasteiger partial charge on any atom is -0.339 e. The number of H-pyrrole nitrogens is 1. The molecule has 5 fully saturated rings. The zero-order valence-electron chi connectivity index (χ0n) is 15.5. The molecule has 140 valence electrons. The lowest BCUT2D eigenvalue weighted by Crippen LogP contribution is -2.58. The molecular formula is C20H28N4O2. The smallest absolute Gasteiger partial charge is 0.274 e. The van der Waals surface area contributed by atoms with Gasteiger partial charge in [-0.2, -0.15) is 5.10 Å². The molecule has 5 aliphatic rings. The number of carbonyl (C=O) groups excluding carboxylic acids is 2. The first-order chi connectivity index (χ1) is 12.5. The van der Waals surface area contributed by atoms with Crippen LogP contribution in [0.1, 0.15) is 54.7 Å². The molecule has 0 unspecified atom stereocenters. The van der Waals surface area contributed by atoms with E-state index in [2.05, 4.69) is 10.2 Å². The summed E-state index contributed by atoms with van der Waals surface area (Å²) in [6.07, 6.45) is 7.42. The topological polar surface area (TPSA) is 69.3 Å². The Bertz CT molecular complexity index is 697. The van der Waals surface area contributed by atoms with Gasteiger partial charge in [-0.25, -0.2) is 0 Å². The molecule has 0 aromatic carbocycles. The fourth-order valence-electron chi connectivity index (χ4n) is 6.51. The third-order valence-corrected chi connectivity index (χ3v) is 7.27. The van der Waals surface area contributed by atoms with Crippen molar-refractivity contribution in [2.24, 2.45) is 23.2 Å². The van der Waals surface area contributed by atoms with Crippen molar-refractivity contribution in [1.82, 2.24) is 20.0 Å². The first kappa shape index (κ1) is 16.3. The Morgan fingerprint density at radius 2 is 1.54 bits per heavy atom. The summed E-state index contributed by atoms with van der Waals surface area (Å²) in [5, 5.41) is 6.90. The largest absolute Gasteiger partial charge is 0.339 e. The van der Waals surface area contributed by atoms with Gasteiger partial charge in [0, 0.05) is 31.9 Å². The van der Waals surface area contributed by atoms with Gasteiger partial charge in [0.15, 0.2) is 0 Å². The second kappa shape index (κ2) is 5.83. The third kappa shape index (κ3) is 2.57. The third-order valence-electron chi connectivity index (χ3n) is 7.27. The minimum absolute atomic E-state index is 0.0312. The summed E-state index contributed by atoms with van der Waals surface area (Å²) in [6.45, 7) is 4.45. The number of hydrogen-bond acceptors (Lipinski definition) is 3. The Morgan fingerprint density at radius 1 is 1.00 bits per heavy atom. The quantitative estimate of drug-likeness (QED) is 0.883. The normalized spacial score (nSPS) is 35.8. The Labute approximate surface area is 154 Å². The van der Waals surface area contributed by atoms with Crippen LogP contribution in [0.4, 0.5) is 0 Å². The molecule has 0 radical (unpaired) electrons. The number of nitrogens with one attached hydrogen (secondary N) is 1. The zero-order chi connectivity index (χ0) is 17.9. The highest BCUT2D eigenvalue weighted by atomic mass is 16.2. The first-order valence-electron chi connectivity index (χ1n) is 10.1. The summed E-state index contributed by atoms with van der Waals surface area (Å²) >= 11 is 0. The van der Waals surface area contributed by atoms with Crippen LogP contribution in [0.15, 0.2) is 6.07 Å². The molecule has 1 aromatic heterocycles. The molecule has 4 aliphatic carbocycles. The number of aryl methyl sites for hydroxylation is 1. The van der Waals surface area contributed by atoms with Gasteiger partial charge < -0.3 is 9.80 Å². The molecule has 4 bridgehead atoms. The van der Waals surface area contributed by atoms with Crippen LogP contribution in [-0.2, 0) is 4.79 Å². The average molecular weight is 356 g/mol. The maximum absolute atomic E-state index is 13.4. The zero-order valence-corrected chi connectivity index (χ0v) is 15.5. The Balaban J connectivity index is 1.24. The van der Waals surface area contributed by atoms with Gasteiger partial charge >= 0.3 is 0 Å². The van der Waals surface area contributed by atoms with Crippen molar-refractivity contribution in [1.29, 1.82) is 0 Å². The predicted octanol–water partition coefficient (Wildman–Crippen LogP) is 2.22. The molecule has 26 heavy (non-hydrogen) atoms. The number of carbonyl (C=O) groups is 2. The number of amides is 2. The molecule has 6 nitrogen and oxygen atoms in total. The van der Waals surface area contributed by atoms with Gasteiger partial charge in [0.1, 0.15) is 5.69 Å². The summed E-state index contributed by atoms with van der Waals surface area (Å²) in [7, 11) is 0. The predicted molar refractivity (Wildman–Crippen MR) is 96.4 cm³/mol. The van der Waals surface area contributed by atoms with Gasteiger partial charge in [0.2, 0.25) is 5.91 Å². The van der Waals surface area contributed by atoms with Gasteiger partial charge in [0.25, 0.3) is 5.91 Å². The highest BCUT2D eigenvalue weighted by molar-refractivity contribution is 5.92. The van der Waals surface area contributed by atoms with Gasteiger partial charge in [-0.05, 0) is 69.3 Å². The summed E-state index contributed by atoms with van der Waals surface area (Å²) in [5.74, 6) is 2.72. The van der Waals surface area contributed by atoms with Crippen LogP contribution in [-0.4, -0.2) is 58.0 Å². The number of aromatic nitrogens is 2. The van der Waals surface area contributed by atoms with E-state index < -0.39 is 0 Å². The van der Waals surface area contributed by atoms with Crippen molar-refractivity contribution in [3.63, 3.8) is 0 Å². The van der Waals surface area contributed by atoms with Gasteiger partial charge in [-0.3, -0.25) is 14.7 Å². The molecule has 1 N–H and O–H groups in total. The first-order valence-corrected chi connectivity index (χ1v) is 10.1. The van der Waals surface area contributed by atoms with Crippen LogP contribution >= 0.6 is 0 Å². The van der Waals surface area contributed by atoms with Crippen molar-refractivity contribution < 1.29 is 9.59 Å². The summed E-state index contributed by atoms with van der Waals surface area (Å²) < 4.78 is 0. The van der Waals surface area contributed by atoms with E-state index in [9.17, 15) is 9.59 Å². The standard InChI is InChI=1S/C20H28N4O2/c1-13-6-17(22-21-13)18(25)23-2-4-24(5-3-23)19(26)20-10-14-7-15(11-20)9-16(8-14)12-20/h6,14-16H,2-5,7-12H2,1H3,(H,21,22). The average Bonchev–Trinajstić information content (AvgIpc) is 3.06. The Hall–Kier alpha value is -1.85. The lowest BCUT2D eigenvalue weighted by Gasteiger charge is -2.57. The van der Waals surface area contributed by atoms with Crippen molar-refractivity contribution >= 4 is 11.8 Å². The lowest BCUT2D eigenvalue weighted by atomic mass is 9.49. The van der Waals surface area contributed by atoms with E-state index in [0.717, 1.165) is 42.7 Å². The fraction of sp³-hybridized carbons (Fsp3) is 0.750. The molecule has 0 spiro atoms. The Kier molecular flexibility index (Phi) is 3.66. The highest BCUT2D eigenvalue weighted by Crippen LogP contribution is 2.60. The molecule has 2 amide bonds. The molecule has 6 rings (SSSR count). The van der Waals surface area contributed by atoms with Gasteiger partial charge in [-0.15, -0.1) is 0 Å². The molecular weight excluding hydrogens is 328 g/mol. The molecule has 4 saturated carbocycles. The maximum atomic E-state index is 13.4. The van der Waals surface area contributed by atoms with E-state index in [1.54, 1.807) is 6.07 Å². The van der Waals surface area contributed by atoms with Gasteiger partial charge in [0.05, 0.1) is 5.41 Å². The number of rotatable bonds is 2. The lowest BCUT2D eigenvalue weighted by molar-refractivity contribution is -0.159. The van der Waals surface area contributed by atoms with E-state index >= 15 is 0 Å². The highest BCUT2D eigenvalue weighted by Gasteiger charge is 2.55. The van der Waals surface area contributed by atoms with E-state index in [-0.39, 0.29) is 11.3 Å².